The number of benzene rings is 2. The van der Waals surface area contributed by atoms with Crippen molar-refractivity contribution in [1.29, 1.82) is 0 Å². The third-order valence-electron chi connectivity index (χ3n) is 5.38. The lowest BCUT2D eigenvalue weighted by Gasteiger charge is -2.26. The first-order chi connectivity index (χ1) is 13.3. The van der Waals surface area contributed by atoms with E-state index in [1.165, 1.54) is 48.5 Å². The van der Waals surface area contributed by atoms with Gasteiger partial charge >= 0.3 is 0 Å². The number of hydrogen-bond acceptors (Lipinski definition) is 1. The zero-order chi connectivity index (χ0) is 18.5. The van der Waals surface area contributed by atoms with E-state index in [2.05, 4.69) is 94.1 Å². The fourth-order valence-corrected chi connectivity index (χ4v) is 6.45. The summed E-state index contributed by atoms with van der Waals surface area (Å²) in [5, 5.41) is 2.82. The van der Waals surface area contributed by atoms with E-state index in [-0.39, 0.29) is 0 Å². The van der Waals surface area contributed by atoms with Crippen molar-refractivity contribution in [3.05, 3.63) is 73.1 Å². The number of piperidine rings is 1. The largest absolute Gasteiger partial charge is 0.299 e. The molecule has 0 saturated carbocycles. The molecule has 4 heteroatoms. The summed E-state index contributed by atoms with van der Waals surface area (Å²) in [6.45, 7) is 4.73. The fraction of sp³-hybridized carbons (Fsp3) is 0.348. The molecule has 1 aliphatic heterocycles. The molecule has 0 spiro atoms. The maximum Gasteiger partial charge on any atom is 0.285 e. The molecule has 0 atom stereocenters. The number of rotatable bonds is 6. The van der Waals surface area contributed by atoms with Gasteiger partial charge in [-0.15, -0.1) is 0 Å². The minimum Gasteiger partial charge on any atom is -0.299 e. The predicted octanol–water partition coefficient (Wildman–Crippen LogP) is 2.56. The highest BCUT2D eigenvalue weighted by atomic mass is 31.1. The molecule has 0 bridgehead atoms. The van der Waals surface area contributed by atoms with Crippen molar-refractivity contribution in [2.45, 2.75) is 25.8 Å². The van der Waals surface area contributed by atoms with E-state index in [1.807, 2.05) is 0 Å². The lowest BCUT2D eigenvalue weighted by Crippen LogP contribution is -2.48. The van der Waals surface area contributed by atoms with Gasteiger partial charge in [0.2, 0.25) is 0 Å². The van der Waals surface area contributed by atoms with Crippen molar-refractivity contribution >= 4 is 24.1 Å². The van der Waals surface area contributed by atoms with Gasteiger partial charge in [0.15, 0.2) is 0 Å². The second kappa shape index (κ2) is 8.82. The molecule has 0 radical (unpaired) electrons. The van der Waals surface area contributed by atoms with Gasteiger partial charge in [0.05, 0.1) is 15.0 Å². The van der Waals surface area contributed by atoms with Gasteiger partial charge in [0, 0.05) is 6.54 Å². The monoisotopic (exact) mass is 378 g/mol. The average Bonchev–Trinajstić information content (AvgIpc) is 3.09. The smallest absolute Gasteiger partial charge is 0.285 e. The number of aromatic nitrogens is 2. The van der Waals surface area contributed by atoms with Gasteiger partial charge in [0.25, 0.3) is 5.57 Å². The Morgan fingerprint density at radius 1 is 0.815 bits per heavy atom. The minimum atomic E-state index is -0.572. The van der Waals surface area contributed by atoms with Crippen molar-refractivity contribution in [1.82, 2.24) is 9.47 Å². The number of imidazole rings is 1. The van der Waals surface area contributed by atoms with Crippen molar-refractivity contribution in [2.24, 2.45) is 7.05 Å². The lowest BCUT2D eigenvalue weighted by molar-refractivity contribution is -0.652. The minimum absolute atomic E-state index is 0.572. The molecule has 0 N–H and O–H groups in total. The molecule has 3 aromatic rings. The summed E-state index contributed by atoms with van der Waals surface area (Å²) >= 11 is 0. The van der Waals surface area contributed by atoms with E-state index in [4.69, 9.17) is 0 Å². The lowest BCUT2D eigenvalue weighted by atomic mass is 10.1. The van der Waals surface area contributed by atoms with Gasteiger partial charge in [-0.05, 0) is 36.5 Å². The number of aryl methyl sites for hydroxylation is 1. The summed E-state index contributed by atoms with van der Waals surface area (Å²) in [5.41, 5.74) is 1.42. The van der Waals surface area contributed by atoms with E-state index < -0.39 is 7.92 Å². The van der Waals surface area contributed by atoms with E-state index in [9.17, 15) is 0 Å². The topological polar surface area (TPSA) is 12.0 Å². The highest BCUT2D eigenvalue weighted by molar-refractivity contribution is 7.79. The molecule has 1 aliphatic rings. The van der Waals surface area contributed by atoms with Gasteiger partial charge in [-0.1, -0.05) is 67.1 Å². The Kier molecular flexibility index (Phi) is 6.01. The second-order valence-corrected chi connectivity index (χ2v) is 9.41. The molecule has 2 heterocycles. The van der Waals surface area contributed by atoms with Crippen molar-refractivity contribution < 1.29 is 4.57 Å². The first-order valence-electron chi connectivity index (χ1n) is 10.0. The Morgan fingerprint density at radius 2 is 1.41 bits per heavy atom. The van der Waals surface area contributed by atoms with Crippen LogP contribution in [0.2, 0.25) is 0 Å². The van der Waals surface area contributed by atoms with E-state index in [0.29, 0.717) is 0 Å². The summed E-state index contributed by atoms with van der Waals surface area (Å²) in [7, 11) is 1.62. The third kappa shape index (κ3) is 4.31. The van der Waals surface area contributed by atoms with Crippen LogP contribution in [-0.4, -0.2) is 29.1 Å². The van der Waals surface area contributed by atoms with Crippen LogP contribution in [0.1, 0.15) is 19.3 Å². The Morgan fingerprint density at radius 3 is 2.00 bits per heavy atom. The fourth-order valence-electron chi connectivity index (χ4n) is 3.94. The van der Waals surface area contributed by atoms with E-state index in [1.54, 1.807) is 0 Å². The summed E-state index contributed by atoms with van der Waals surface area (Å²) in [4.78, 5) is 2.63. The van der Waals surface area contributed by atoms with Gasteiger partial charge in [0.1, 0.15) is 18.9 Å². The maximum atomic E-state index is 2.63. The Labute approximate surface area is 164 Å². The number of nitrogens with zero attached hydrogens (tertiary/aromatic N) is 3. The standard InChI is InChI=1S/C23H29N3P/c1-24-17-19-26(20-18-25-15-9-4-10-16-25)23(24)27(21-11-5-2-6-12-21)22-13-7-3-8-14-22/h2-3,5-8,11-14,17,19H,4,9-10,15-16,18,20H2,1H3/q+1. The van der Waals surface area contributed by atoms with Crippen LogP contribution in [0.5, 0.6) is 0 Å². The molecular weight excluding hydrogens is 349 g/mol. The van der Waals surface area contributed by atoms with Crippen LogP contribution >= 0.6 is 7.92 Å². The summed E-state index contributed by atoms with van der Waals surface area (Å²) in [5.74, 6) is 0. The van der Waals surface area contributed by atoms with Crippen molar-refractivity contribution in [3.63, 3.8) is 0 Å². The van der Waals surface area contributed by atoms with Crippen LogP contribution < -0.4 is 20.7 Å². The summed E-state index contributed by atoms with van der Waals surface area (Å²) in [6.07, 6.45) is 8.58. The zero-order valence-electron chi connectivity index (χ0n) is 16.2. The molecule has 0 unspecified atom stereocenters. The molecule has 1 saturated heterocycles. The van der Waals surface area contributed by atoms with Crippen LogP contribution in [0.4, 0.5) is 0 Å². The van der Waals surface area contributed by atoms with Crippen LogP contribution in [0.15, 0.2) is 73.1 Å². The first-order valence-corrected chi connectivity index (χ1v) is 11.3. The molecule has 27 heavy (non-hydrogen) atoms. The highest BCUT2D eigenvalue weighted by Crippen LogP contribution is 2.31. The average molecular weight is 378 g/mol. The molecule has 3 nitrogen and oxygen atoms in total. The molecule has 4 rings (SSSR count). The second-order valence-electron chi connectivity index (χ2n) is 7.31. The van der Waals surface area contributed by atoms with Crippen LogP contribution in [0.25, 0.3) is 0 Å². The van der Waals surface area contributed by atoms with Gasteiger partial charge in [-0.2, -0.15) is 0 Å². The normalized spacial score (nSPS) is 15.3. The quantitative estimate of drug-likeness (QED) is 0.474. The van der Waals surface area contributed by atoms with Crippen molar-refractivity contribution in [2.75, 3.05) is 19.6 Å². The molecule has 140 valence electrons. The number of hydrogen-bond donors (Lipinski definition) is 0. The summed E-state index contributed by atoms with van der Waals surface area (Å²) < 4.78 is 4.81. The van der Waals surface area contributed by atoms with Gasteiger partial charge < -0.3 is 0 Å². The Hall–Kier alpha value is -1.96. The molecule has 1 aromatic heterocycles. The number of likely N-dealkylation sites (tertiary alicyclic amines) is 1. The van der Waals surface area contributed by atoms with Crippen LogP contribution in [0.3, 0.4) is 0 Å². The molecule has 1 fully saturated rings. The van der Waals surface area contributed by atoms with Crippen LogP contribution in [0, 0.1) is 0 Å². The predicted molar refractivity (Wildman–Crippen MR) is 115 cm³/mol. The van der Waals surface area contributed by atoms with E-state index in [0.717, 1.165) is 13.1 Å². The Balaban J connectivity index is 1.67. The van der Waals surface area contributed by atoms with Crippen molar-refractivity contribution in [3.8, 4) is 0 Å². The zero-order valence-corrected chi connectivity index (χ0v) is 17.1. The first kappa shape index (κ1) is 18.4. The molecule has 0 aliphatic carbocycles. The molecule has 2 aromatic carbocycles. The molecular formula is C23H29N3P+. The molecule has 0 amide bonds. The highest BCUT2D eigenvalue weighted by Gasteiger charge is 2.29. The Bertz CT molecular complexity index is 799. The summed E-state index contributed by atoms with van der Waals surface area (Å²) in [6, 6.07) is 22.0. The van der Waals surface area contributed by atoms with Crippen LogP contribution in [-0.2, 0) is 13.6 Å². The third-order valence-corrected chi connectivity index (χ3v) is 7.98. The maximum absolute atomic E-state index is 2.63. The van der Waals surface area contributed by atoms with Gasteiger partial charge in [-0.25, -0.2) is 9.13 Å². The van der Waals surface area contributed by atoms with Gasteiger partial charge in [-0.3, -0.25) is 4.90 Å². The SMILES string of the molecule is C[n+]1ccn(CCN2CCCCC2)c1P(c1ccccc1)c1ccccc1. The van der Waals surface area contributed by atoms with E-state index >= 15 is 0 Å².